The van der Waals surface area contributed by atoms with E-state index >= 15 is 0 Å². The highest BCUT2D eigenvalue weighted by atomic mass is 16.5. The molecule has 0 unspecified atom stereocenters. The maximum atomic E-state index is 13.4. The van der Waals surface area contributed by atoms with Gasteiger partial charge in [0, 0.05) is 18.8 Å². The molecule has 0 aromatic heterocycles. The molecule has 0 aliphatic heterocycles. The second-order valence-electron chi connectivity index (χ2n) is 14.0. The second-order valence-corrected chi connectivity index (χ2v) is 14.0. The molecule has 6 rings (SSSR count). The molecule has 9 atom stereocenters. The van der Waals surface area contributed by atoms with Crippen molar-refractivity contribution < 1.29 is 23.9 Å². The summed E-state index contributed by atoms with van der Waals surface area (Å²) in [5.74, 6) is 2.01. The first-order valence-corrected chi connectivity index (χ1v) is 15.7. The highest BCUT2D eigenvalue weighted by Gasteiger charge is 2.64. The molecule has 0 bridgehead atoms. The largest absolute Gasteiger partial charge is 0.462 e. The lowest BCUT2D eigenvalue weighted by molar-refractivity contribution is -0.170. The Bertz CT molecular complexity index is 1270. The Morgan fingerprint density at radius 1 is 0.854 bits per heavy atom. The first-order chi connectivity index (χ1) is 19.7. The normalized spacial score (nSPS) is 36.8. The van der Waals surface area contributed by atoms with Crippen molar-refractivity contribution in [3.63, 3.8) is 0 Å². The molecule has 0 N–H and O–H groups in total. The van der Waals surface area contributed by atoms with Gasteiger partial charge >= 0.3 is 11.9 Å². The molecule has 2 aromatic carbocycles. The molecule has 0 saturated heterocycles. The molecule has 41 heavy (non-hydrogen) atoms. The SMILES string of the molecule is C[C@H](COC(=O)c1ccccc1)[C@H]1CC[C@H]2[C@@H]3[C@H](OC(=O)c4ccccc4)C[C@H]4CC(=O)CC[C@]4(C)[C@H]3CC[C@]12C. The molecule has 0 radical (unpaired) electrons. The average molecular weight is 557 g/mol. The van der Waals surface area contributed by atoms with Gasteiger partial charge in [0.15, 0.2) is 0 Å². The Labute approximate surface area is 244 Å². The van der Waals surface area contributed by atoms with Gasteiger partial charge in [-0.2, -0.15) is 0 Å². The summed E-state index contributed by atoms with van der Waals surface area (Å²) in [6.45, 7) is 7.54. The van der Waals surface area contributed by atoms with E-state index in [9.17, 15) is 14.4 Å². The van der Waals surface area contributed by atoms with Crippen molar-refractivity contribution in [1.82, 2.24) is 0 Å². The van der Waals surface area contributed by atoms with Crippen molar-refractivity contribution in [3.8, 4) is 0 Å². The minimum absolute atomic E-state index is 0.102. The molecule has 4 saturated carbocycles. The zero-order chi connectivity index (χ0) is 28.8. The predicted octanol–water partition coefficient (Wildman–Crippen LogP) is 7.54. The molecule has 4 aliphatic rings. The number of Topliss-reactive ketones (excluding diaryl/α,β-unsaturated/α-hetero) is 1. The van der Waals surface area contributed by atoms with Crippen LogP contribution < -0.4 is 0 Å². The van der Waals surface area contributed by atoms with E-state index in [4.69, 9.17) is 9.47 Å². The van der Waals surface area contributed by atoms with Crippen molar-refractivity contribution in [3.05, 3.63) is 71.8 Å². The van der Waals surface area contributed by atoms with Gasteiger partial charge in [0.1, 0.15) is 11.9 Å². The smallest absolute Gasteiger partial charge is 0.338 e. The summed E-state index contributed by atoms with van der Waals surface area (Å²) in [5.41, 5.74) is 1.40. The van der Waals surface area contributed by atoms with E-state index in [2.05, 4.69) is 20.8 Å². The van der Waals surface area contributed by atoms with Gasteiger partial charge in [0.05, 0.1) is 17.7 Å². The number of hydrogen-bond donors (Lipinski definition) is 0. The molecule has 5 nitrogen and oxygen atoms in total. The Kier molecular flexibility index (Phi) is 7.59. The van der Waals surface area contributed by atoms with Crippen LogP contribution >= 0.6 is 0 Å². The van der Waals surface area contributed by atoms with Crippen LogP contribution in [-0.2, 0) is 14.3 Å². The van der Waals surface area contributed by atoms with E-state index in [1.165, 1.54) is 0 Å². The van der Waals surface area contributed by atoms with E-state index in [-0.39, 0.29) is 40.7 Å². The predicted molar refractivity (Wildman–Crippen MR) is 157 cm³/mol. The van der Waals surface area contributed by atoms with Crippen molar-refractivity contribution in [2.24, 2.45) is 46.3 Å². The van der Waals surface area contributed by atoms with Crippen LogP contribution in [0.1, 0.15) is 92.9 Å². The van der Waals surface area contributed by atoms with Gasteiger partial charge in [-0.25, -0.2) is 9.59 Å². The lowest BCUT2D eigenvalue weighted by Crippen LogP contribution is -2.59. The van der Waals surface area contributed by atoms with E-state index in [0.29, 0.717) is 60.0 Å². The topological polar surface area (TPSA) is 69.7 Å². The number of benzene rings is 2. The van der Waals surface area contributed by atoms with Crippen molar-refractivity contribution in [2.75, 3.05) is 6.61 Å². The third-order valence-corrected chi connectivity index (χ3v) is 12.0. The number of fused-ring (bicyclic) bond motifs is 5. The van der Waals surface area contributed by atoms with E-state index in [1.54, 1.807) is 12.1 Å². The number of ketones is 1. The highest BCUT2D eigenvalue weighted by molar-refractivity contribution is 5.89. The van der Waals surface area contributed by atoms with Crippen LogP contribution in [0.4, 0.5) is 0 Å². The summed E-state index contributed by atoms with van der Waals surface area (Å²) in [5, 5.41) is 0. The second kappa shape index (κ2) is 11.0. The molecule has 2 aromatic rings. The molecular formula is C36H44O5. The van der Waals surface area contributed by atoms with Crippen LogP contribution in [0.2, 0.25) is 0 Å². The Balaban J connectivity index is 1.24. The summed E-state index contributed by atoms with van der Waals surface area (Å²) in [4.78, 5) is 38.6. The summed E-state index contributed by atoms with van der Waals surface area (Å²) >= 11 is 0. The van der Waals surface area contributed by atoms with Gasteiger partial charge < -0.3 is 9.47 Å². The monoisotopic (exact) mass is 556 g/mol. The third kappa shape index (κ3) is 5.04. The van der Waals surface area contributed by atoms with Gasteiger partial charge in [-0.3, -0.25) is 4.79 Å². The van der Waals surface area contributed by atoms with Crippen LogP contribution in [0.5, 0.6) is 0 Å². The van der Waals surface area contributed by atoms with Crippen LogP contribution in [0.3, 0.4) is 0 Å². The Morgan fingerprint density at radius 3 is 2.17 bits per heavy atom. The first kappa shape index (κ1) is 28.2. The maximum absolute atomic E-state index is 13.4. The molecule has 4 fully saturated rings. The molecule has 218 valence electrons. The van der Waals surface area contributed by atoms with Crippen molar-refractivity contribution in [2.45, 2.75) is 78.2 Å². The molecule has 5 heteroatoms. The molecule has 0 spiro atoms. The lowest BCUT2D eigenvalue weighted by atomic mass is 9.44. The summed E-state index contributed by atoms with van der Waals surface area (Å²) in [6, 6.07) is 18.5. The fourth-order valence-corrected chi connectivity index (χ4v) is 9.85. The zero-order valence-corrected chi connectivity index (χ0v) is 24.7. The van der Waals surface area contributed by atoms with Crippen molar-refractivity contribution >= 4 is 17.7 Å². The Hall–Kier alpha value is -2.95. The first-order valence-electron chi connectivity index (χ1n) is 15.7. The molecule has 0 amide bonds. The average Bonchev–Trinajstić information content (AvgIpc) is 3.34. The number of hydrogen-bond acceptors (Lipinski definition) is 5. The standard InChI is InChI=1S/C36H44O5/c1-23(22-40-33(38)24-10-6-4-7-11-24)28-14-15-29-32-30(17-19-36(28,29)3)35(2)18-16-27(37)20-26(35)21-31(32)41-34(39)25-12-8-5-9-13-25/h4-13,23,26,28-32H,14-22H2,1-3H3/t23-,26-,28-,29+,30+,31-,32+,35+,36-/m1/s1. The van der Waals surface area contributed by atoms with Crippen LogP contribution in [0.25, 0.3) is 0 Å². The maximum Gasteiger partial charge on any atom is 0.338 e. The fourth-order valence-electron chi connectivity index (χ4n) is 9.85. The highest BCUT2D eigenvalue weighted by Crippen LogP contribution is 2.68. The van der Waals surface area contributed by atoms with Crippen LogP contribution in [0, 0.1) is 46.3 Å². The van der Waals surface area contributed by atoms with Crippen LogP contribution in [0.15, 0.2) is 60.7 Å². The number of carbonyl (C=O) groups excluding carboxylic acids is 3. The molecule has 0 heterocycles. The Morgan fingerprint density at radius 2 is 1.49 bits per heavy atom. The summed E-state index contributed by atoms with van der Waals surface area (Å²) in [7, 11) is 0. The van der Waals surface area contributed by atoms with Gasteiger partial charge in [0.25, 0.3) is 0 Å². The molecular weight excluding hydrogens is 512 g/mol. The quantitative estimate of drug-likeness (QED) is 0.344. The van der Waals surface area contributed by atoms with Gasteiger partial charge in [-0.15, -0.1) is 0 Å². The van der Waals surface area contributed by atoms with E-state index in [1.807, 2.05) is 48.5 Å². The van der Waals surface area contributed by atoms with E-state index in [0.717, 1.165) is 38.5 Å². The number of ether oxygens (including phenoxy) is 2. The van der Waals surface area contributed by atoms with E-state index < -0.39 is 0 Å². The fraction of sp³-hybridized carbons (Fsp3) is 0.583. The minimum Gasteiger partial charge on any atom is -0.462 e. The minimum atomic E-state index is -0.258. The zero-order valence-electron chi connectivity index (χ0n) is 24.7. The van der Waals surface area contributed by atoms with Crippen LogP contribution in [-0.4, -0.2) is 30.4 Å². The number of rotatable bonds is 6. The molecule has 4 aliphatic carbocycles. The number of carbonyl (C=O) groups is 3. The van der Waals surface area contributed by atoms with Crippen molar-refractivity contribution in [1.29, 1.82) is 0 Å². The third-order valence-electron chi connectivity index (χ3n) is 12.0. The lowest BCUT2D eigenvalue weighted by Gasteiger charge is -2.62. The van der Waals surface area contributed by atoms with Gasteiger partial charge in [-0.1, -0.05) is 57.2 Å². The number of esters is 2. The van der Waals surface area contributed by atoms with Gasteiger partial charge in [0.2, 0.25) is 0 Å². The van der Waals surface area contributed by atoms with Gasteiger partial charge in [-0.05, 0) is 103 Å². The summed E-state index contributed by atoms with van der Waals surface area (Å²) < 4.78 is 12.2. The summed E-state index contributed by atoms with van der Waals surface area (Å²) in [6.07, 6.45) is 7.31.